The number of piperazine rings is 1. The van der Waals surface area contributed by atoms with Crippen molar-refractivity contribution in [2.75, 3.05) is 31.1 Å². The van der Waals surface area contributed by atoms with Gasteiger partial charge in [0.25, 0.3) is 0 Å². The smallest absolute Gasteiger partial charge is 0.186 e. The molecule has 0 N–H and O–H groups in total. The molecule has 1 aromatic carbocycles. The van der Waals surface area contributed by atoms with E-state index in [0.717, 1.165) is 55.5 Å². The molecule has 0 spiro atoms. The summed E-state index contributed by atoms with van der Waals surface area (Å²) in [7, 11) is 0. The number of allylic oxidation sites excluding steroid dienone is 1. The predicted molar refractivity (Wildman–Crippen MR) is 112 cm³/mol. The molecule has 0 saturated carbocycles. The highest BCUT2D eigenvalue weighted by molar-refractivity contribution is 7.16. The molecule has 0 amide bonds. The number of rotatable bonds is 4. The number of hydrogen-bond donors (Lipinski definition) is 0. The minimum absolute atomic E-state index is 0.194. The number of hydrogen-bond acceptors (Lipinski definition) is 5. The lowest BCUT2D eigenvalue weighted by Gasteiger charge is -2.34. The fourth-order valence-electron chi connectivity index (χ4n) is 3.81. The van der Waals surface area contributed by atoms with E-state index in [9.17, 15) is 4.39 Å². The van der Waals surface area contributed by atoms with Crippen LogP contribution in [-0.2, 0) is 13.0 Å². The largest absolute Gasteiger partial charge is 0.346 e. The van der Waals surface area contributed by atoms with Crippen molar-refractivity contribution in [3.05, 3.63) is 76.3 Å². The molecule has 0 atom stereocenters. The van der Waals surface area contributed by atoms with Gasteiger partial charge in [0, 0.05) is 51.5 Å². The number of halogens is 1. The van der Waals surface area contributed by atoms with E-state index in [1.807, 2.05) is 24.5 Å². The summed E-state index contributed by atoms with van der Waals surface area (Å²) in [6.07, 6.45) is 6.76. The van der Waals surface area contributed by atoms with E-state index in [1.165, 1.54) is 28.1 Å². The Kier molecular flexibility index (Phi) is 4.66. The van der Waals surface area contributed by atoms with Gasteiger partial charge in [-0.3, -0.25) is 9.88 Å². The van der Waals surface area contributed by atoms with Gasteiger partial charge in [-0.1, -0.05) is 23.5 Å². The maximum atomic E-state index is 13.1. The predicted octanol–water partition coefficient (Wildman–Crippen LogP) is 4.10. The Morgan fingerprint density at radius 3 is 2.43 bits per heavy atom. The van der Waals surface area contributed by atoms with E-state index >= 15 is 0 Å². The van der Waals surface area contributed by atoms with Gasteiger partial charge in [0.05, 0.1) is 10.6 Å². The lowest BCUT2D eigenvalue weighted by atomic mass is 10.1. The highest BCUT2D eigenvalue weighted by Crippen LogP contribution is 2.38. The van der Waals surface area contributed by atoms with Gasteiger partial charge in [0.2, 0.25) is 0 Å². The van der Waals surface area contributed by atoms with E-state index in [1.54, 1.807) is 11.3 Å². The molecule has 2 aromatic heterocycles. The van der Waals surface area contributed by atoms with Crippen LogP contribution in [0.4, 0.5) is 9.52 Å². The van der Waals surface area contributed by atoms with Gasteiger partial charge < -0.3 is 4.90 Å². The number of benzene rings is 1. The molecule has 28 heavy (non-hydrogen) atoms. The Balaban J connectivity index is 1.23. The minimum Gasteiger partial charge on any atom is -0.346 e. The number of thiazole rings is 1. The van der Waals surface area contributed by atoms with Crippen LogP contribution in [0.15, 0.2) is 48.8 Å². The van der Waals surface area contributed by atoms with Crippen molar-refractivity contribution in [1.82, 2.24) is 14.9 Å². The fraction of sp³-hybridized carbons (Fsp3) is 0.273. The molecule has 3 heterocycles. The Labute approximate surface area is 168 Å². The van der Waals surface area contributed by atoms with Gasteiger partial charge in [-0.25, -0.2) is 9.37 Å². The van der Waals surface area contributed by atoms with Crippen LogP contribution in [0.2, 0.25) is 0 Å². The quantitative estimate of drug-likeness (QED) is 0.669. The van der Waals surface area contributed by atoms with Crippen molar-refractivity contribution in [3.8, 4) is 0 Å². The maximum Gasteiger partial charge on any atom is 0.186 e. The van der Waals surface area contributed by atoms with Gasteiger partial charge in [-0.2, -0.15) is 0 Å². The van der Waals surface area contributed by atoms with Crippen molar-refractivity contribution in [1.29, 1.82) is 0 Å². The van der Waals surface area contributed by atoms with Crippen LogP contribution < -0.4 is 4.90 Å². The standard InChI is InChI=1S/C22H21FN4S/c23-19-3-1-17(2-4-19)18-13-20-21(14-18)28-22(25-20)27-11-9-26(10-12-27)15-16-5-7-24-8-6-16/h1-8,14H,9-13,15H2. The second-order valence-corrected chi connectivity index (χ2v) is 8.29. The second-order valence-electron chi connectivity index (χ2n) is 7.28. The van der Waals surface area contributed by atoms with Crippen molar-refractivity contribution in [2.24, 2.45) is 0 Å². The van der Waals surface area contributed by atoms with Crippen LogP contribution in [0.3, 0.4) is 0 Å². The van der Waals surface area contributed by atoms with Crippen molar-refractivity contribution in [3.63, 3.8) is 0 Å². The molecule has 3 aromatic rings. The fourth-order valence-corrected chi connectivity index (χ4v) is 4.91. The van der Waals surface area contributed by atoms with Crippen LogP contribution in [0.5, 0.6) is 0 Å². The molecule has 0 bridgehead atoms. The minimum atomic E-state index is -0.194. The summed E-state index contributed by atoms with van der Waals surface area (Å²) >= 11 is 1.77. The zero-order valence-electron chi connectivity index (χ0n) is 15.5. The molecule has 1 aliphatic heterocycles. The molecular formula is C22H21FN4S. The van der Waals surface area contributed by atoms with Crippen LogP contribution >= 0.6 is 11.3 Å². The third-order valence-corrected chi connectivity index (χ3v) is 6.50. The molecule has 0 radical (unpaired) electrons. The summed E-state index contributed by atoms with van der Waals surface area (Å²) in [6, 6.07) is 10.9. The van der Waals surface area contributed by atoms with Crippen LogP contribution in [0, 0.1) is 5.82 Å². The van der Waals surface area contributed by atoms with Crippen molar-refractivity contribution < 1.29 is 4.39 Å². The van der Waals surface area contributed by atoms with E-state index in [0.29, 0.717) is 0 Å². The van der Waals surface area contributed by atoms with E-state index < -0.39 is 0 Å². The molecule has 4 nitrogen and oxygen atoms in total. The average Bonchev–Trinajstić information content (AvgIpc) is 3.29. The third-order valence-electron chi connectivity index (χ3n) is 5.39. The van der Waals surface area contributed by atoms with E-state index in [4.69, 9.17) is 4.98 Å². The van der Waals surface area contributed by atoms with Crippen LogP contribution in [0.25, 0.3) is 11.6 Å². The molecule has 0 unspecified atom stereocenters. The topological polar surface area (TPSA) is 32.3 Å². The summed E-state index contributed by atoms with van der Waals surface area (Å²) in [4.78, 5) is 15.1. The van der Waals surface area contributed by atoms with Crippen molar-refractivity contribution >= 4 is 28.1 Å². The first-order valence-corrected chi connectivity index (χ1v) is 10.4. The average molecular weight is 393 g/mol. The Bertz CT molecular complexity index is 989. The van der Waals surface area contributed by atoms with E-state index in [-0.39, 0.29) is 5.82 Å². The van der Waals surface area contributed by atoms with Crippen molar-refractivity contribution in [2.45, 2.75) is 13.0 Å². The van der Waals surface area contributed by atoms with Crippen LogP contribution in [0.1, 0.15) is 21.7 Å². The number of aromatic nitrogens is 2. The third kappa shape index (κ3) is 3.57. The molecular weight excluding hydrogens is 371 g/mol. The number of nitrogens with zero attached hydrogens (tertiary/aromatic N) is 4. The number of pyridine rings is 1. The second kappa shape index (κ2) is 7.45. The summed E-state index contributed by atoms with van der Waals surface area (Å²) in [5.41, 5.74) is 4.77. The van der Waals surface area contributed by atoms with Gasteiger partial charge in [-0.15, -0.1) is 0 Å². The number of anilines is 1. The molecule has 1 fully saturated rings. The molecule has 1 aliphatic carbocycles. The zero-order valence-corrected chi connectivity index (χ0v) is 16.3. The molecule has 5 rings (SSSR count). The van der Waals surface area contributed by atoms with Crippen LogP contribution in [-0.4, -0.2) is 41.0 Å². The normalized spacial score (nSPS) is 16.9. The highest BCUT2D eigenvalue weighted by atomic mass is 32.1. The first kappa shape index (κ1) is 17.5. The summed E-state index contributed by atoms with van der Waals surface area (Å²) in [6.45, 7) is 5.08. The maximum absolute atomic E-state index is 13.1. The summed E-state index contributed by atoms with van der Waals surface area (Å²) < 4.78 is 13.1. The zero-order chi connectivity index (χ0) is 18.9. The lowest BCUT2D eigenvalue weighted by Crippen LogP contribution is -2.45. The molecule has 6 heteroatoms. The SMILES string of the molecule is Fc1ccc(C2=Cc3sc(N4CCN(Cc5ccncc5)CC4)nc3C2)cc1. The molecule has 2 aliphatic rings. The number of fused-ring (bicyclic) bond motifs is 1. The lowest BCUT2D eigenvalue weighted by molar-refractivity contribution is 0.249. The Hall–Kier alpha value is -2.57. The van der Waals surface area contributed by atoms with Gasteiger partial charge in [-0.05, 0) is 47.0 Å². The molecule has 142 valence electrons. The van der Waals surface area contributed by atoms with Gasteiger partial charge in [0.1, 0.15) is 5.82 Å². The first-order chi connectivity index (χ1) is 13.7. The monoisotopic (exact) mass is 392 g/mol. The van der Waals surface area contributed by atoms with E-state index in [2.05, 4.69) is 33.0 Å². The first-order valence-electron chi connectivity index (χ1n) is 9.57. The molecule has 1 saturated heterocycles. The Morgan fingerprint density at radius 1 is 0.964 bits per heavy atom. The highest BCUT2D eigenvalue weighted by Gasteiger charge is 2.24. The summed E-state index contributed by atoms with van der Waals surface area (Å²) in [5.74, 6) is -0.194. The summed E-state index contributed by atoms with van der Waals surface area (Å²) in [5, 5.41) is 1.13. The van der Waals surface area contributed by atoms with Gasteiger partial charge in [0.15, 0.2) is 5.13 Å². The van der Waals surface area contributed by atoms with Gasteiger partial charge >= 0.3 is 0 Å². The Morgan fingerprint density at radius 2 is 1.71 bits per heavy atom.